The highest BCUT2D eigenvalue weighted by atomic mass is 16.9. The van der Waals surface area contributed by atoms with E-state index in [9.17, 15) is 0 Å². The first-order chi connectivity index (χ1) is 2.93. The Bertz CT molecular complexity index is 44.1. The zero-order valence-corrected chi connectivity index (χ0v) is 3.60. The van der Waals surface area contributed by atoms with Crippen LogP contribution in [0.2, 0.25) is 0 Å². The van der Waals surface area contributed by atoms with E-state index in [-0.39, 0.29) is 6.41 Å². The fraction of sp³-hybridized carbons (Fsp3) is 1.00. The van der Waals surface area contributed by atoms with Gasteiger partial charge in [0, 0.05) is 6.61 Å². The monoisotopic (exact) mass is 89.0 g/mol. The number of hydrogen-bond donors (Lipinski definition) is 1. The van der Waals surface area contributed by atoms with Gasteiger partial charge in [-0.2, -0.15) is 0 Å². The third-order valence-electron chi connectivity index (χ3n) is 0.532. The zero-order valence-electron chi connectivity index (χ0n) is 3.60. The molecule has 0 aromatic carbocycles. The van der Waals surface area contributed by atoms with Crippen molar-refractivity contribution in [1.82, 2.24) is 5.48 Å². The molecule has 1 saturated heterocycles. The highest BCUT2D eigenvalue weighted by molar-refractivity contribution is 4.37. The summed E-state index contributed by atoms with van der Waals surface area (Å²) in [7, 11) is 0. The topological polar surface area (TPSA) is 43.7 Å². The predicted octanol–water partition coefficient (Wildman–Crippen LogP) is -0.159. The molecule has 3 heteroatoms. The summed E-state index contributed by atoms with van der Waals surface area (Å²) in [5.41, 5.74) is 2.51. The van der Waals surface area contributed by atoms with Gasteiger partial charge in [0.1, 0.15) is 0 Å². The van der Waals surface area contributed by atoms with Gasteiger partial charge in [0.2, 0.25) is 0 Å². The maximum atomic E-state index is 4.82. The lowest BCUT2D eigenvalue weighted by molar-refractivity contribution is 0.0593. The van der Waals surface area contributed by atoms with Crippen LogP contribution in [0.4, 0.5) is 0 Å². The Morgan fingerprint density at radius 2 is 2.67 bits per heavy atom. The van der Waals surface area contributed by atoms with Crippen LogP contribution < -0.4 is 5.48 Å². The molecular formula is C3H7NO2. The van der Waals surface area contributed by atoms with Crippen molar-refractivity contribution in [3.05, 3.63) is 0 Å². The zero-order chi connectivity index (χ0) is 4.41. The average molecular weight is 89.1 g/mol. The van der Waals surface area contributed by atoms with Crippen LogP contribution in [0, 0.1) is 0 Å². The number of ether oxygens (including phenoxy) is 1. The summed E-state index contributed by atoms with van der Waals surface area (Å²) in [5, 5.41) is 0. The molecule has 0 spiro atoms. The molecule has 1 atom stereocenters. The average Bonchev–Trinajstić information content (AvgIpc) is 2.21. The SMILES string of the molecule is CCOC1NO1. The molecule has 0 aromatic heterocycles. The highest BCUT2D eigenvalue weighted by Gasteiger charge is 2.20. The number of rotatable bonds is 2. The standard InChI is InChI=1S/C3H7NO2/c1-2-5-3-4-6-3/h3-4H,2H2,1H3. The van der Waals surface area contributed by atoms with E-state index >= 15 is 0 Å². The molecule has 0 bridgehead atoms. The second kappa shape index (κ2) is 1.55. The first-order valence-electron chi connectivity index (χ1n) is 1.96. The molecule has 0 saturated carbocycles. The van der Waals surface area contributed by atoms with E-state index in [0.29, 0.717) is 6.61 Å². The molecule has 1 heterocycles. The lowest BCUT2D eigenvalue weighted by atomic mass is 10.9. The summed E-state index contributed by atoms with van der Waals surface area (Å²) in [5.74, 6) is 0. The van der Waals surface area contributed by atoms with Gasteiger partial charge in [0.05, 0.1) is 0 Å². The molecule has 6 heavy (non-hydrogen) atoms. The van der Waals surface area contributed by atoms with Crippen molar-refractivity contribution in [3.63, 3.8) is 0 Å². The second-order valence-electron chi connectivity index (χ2n) is 1.02. The first-order valence-corrected chi connectivity index (χ1v) is 1.96. The smallest absolute Gasteiger partial charge is 0.256 e. The van der Waals surface area contributed by atoms with Gasteiger partial charge in [-0.15, -0.1) is 5.48 Å². The minimum Gasteiger partial charge on any atom is -0.337 e. The second-order valence-corrected chi connectivity index (χ2v) is 1.02. The van der Waals surface area contributed by atoms with Gasteiger partial charge in [0.25, 0.3) is 6.41 Å². The summed E-state index contributed by atoms with van der Waals surface area (Å²) >= 11 is 0. The quantitative estimate of drug-likeness (QED) is 0.478. The van der Waals surface area contributed by atoms with Crippen molar-refractivity contribution in [2.24, 2.45) is 0 Å². The molecule has 0 amide bonds. The lowest BCUT2D eigenvalue weighted by Crippen LogP contribution is -1.95. The van der Waals surface area contributed by atoms with Crippen molar-refractivity contribution in [2.45, 2.75) is 13.3 Å². The summed E-state index contributed by atoms with van der Waals surface area (Å²) in [6.07, 6.45) is -0.102. The molecule has 36 valence electrons. The third-order valence-corrected chi connectivity index (χ3v) is 0.532. The molecule has 3 nitrogen and oxygen atoms in total. The van der Waals surface area contributed by atoms with Crippen LogP contribution in [0.1, 0.15) is 6.92 Å². The maximum Gasteiger partial charge on any atom is 0.256 e. The highest BCUT2D eigenvalue weighted by Crippen LogP contribution is 1.98. The van der Waals surface area contributed by atoms with Crippen LogP contribution in [0.3, 0.4) is 0 Å². The summed E-state index contributed by atoms with van der Waals surface area (Å²) in [4.78, 5) is 4.48. The van der Waals surface area contributed by atoms with Gasteiger partial charge in [-0.3, -0.25) is 0 Å². The lowest BCUT2D eigenvalue weighted by Gasteiger charge is -1.84. The van der Waals surface area contributed by atoms with Crippen LogP contribution >= 0.6 is 0 Å². The molecule has 0 aliphatic carbocycles. The van der Waals surface area contributed by atoms with Gasteiger partial charge in [0.15, 0.2) is 0 Å². The van der Waals surface area contributed by atoms with Gasteiger partial charge in [-0.25, -0.2) is 4.84 Å². The molecule has 1 fully saturated rings. The van der Waals surface area contributed by atoms with Gasteiger partial charge in [-0.1, -0.05) is 0 Å². The van der Waals surface area contributed by atoms with Crippen molar-refractivity contribution in [2.75, 3.05) is 6.61 Å². The number of hydrogen-bond acceptors (Lipinski definition) is 3. The van der Waals surface area contributed by atoms with Gasteiger partial charge >= 0.3 is 0 Å². The summed E-state index contributed by atoms with van der Waals surface area (Å²) in [6.45, 7) is 2.63. The first kappa shape index (κ1) is 4.05. The van der Waals surface area contributed by atoms with Gasteiger partial charge in [-0.05, 0) is 6.92 Å². The Kier molecular flexibility index (Phi) is 1.05. The van der Waals surface area contributed by atoms with E-state index in [1.165, 1.54) is 0 Å². The molecule has 1 rings (SSSR count). The Morgan fingerprint density at radius 1 is 2.00 bits per heavy atom. The van der Waals surface area contributed by atoms with Crippen molar-refractivity contribution < 1.29 is 9.57 Å². The van der Waals surface area contributed by atoms with Crippen molar-refractivity contribution in [1.29, 1.82) is 0 Å². The minimum absolute atomic E-state index is 0.102. The minimum atomic E-state index is -0.102. The fourth-order valence-electron chi connectivity index (χ4n) is 0.247. The predicted molar refractivity (Wildman–Crippen MR) is 19.6 cm³/mol. The third kappa shape index (κ3) is 0.931. The van der Waals surface area contributed by atoms with Crippen LogP contribution in [0.5, 0.6) is 0 Å². The largest absolute Gasteiger partial charge is 0.337 e. The van der Waals surface area contributed by atoms with Crippen molar-refractivity contribution >= 4 is 0 Å². The summed E-state index contributed by atoms with van der Waals surface area (Å²) in [6, 6.07) is 0. The van der Waals surface area contributed by atoms with E-state index in [2.05, 4.69) is 10.3 Å². The molecule has 1 aliphatic rings. The van der Waals surface area contributed by atoms with Crippen LogP contribution in [0.25, 0.3) is 0 Å². The van der Waals surface area contributed by atoms with E-state index < -0.39 is 0 Å². The van der Waals surface area contributed by atoms with Crippen LogP contribution in [0.15, 0.2) is 0 Å². The Balaban J connectivity index is 1.88. The fourth-order valence-corrected chi connectivity index (χ4v) is 0.247. The normalized spacial score (nSPS) is 30.5. The van der Waals surface area contributed by atoms with E-state index in [4.69, 9.17) is 4.74 Å². The molecule has 1 unspecified atom stereocenters. The van der Waals surface area contributed by atoms with E-state index in [1.807, 2.05) is 6.92 Å². The van der Waals surface area contributed by atoms with Crippen molar-refractivity contribution in [3.8, 4) is 0 Å². The van der Waals surface area contributed by atoms with Crippen LogP contribution in [-0.2, 0) is 9.57 Å². The van der Waals surface area contributed by atoms with E-state index in [0.717, 1.165) is 0 Å². The Hall–Kier alpha value is -0.120. The number of hydroxylamine groups is 1. The Morgan fingerprint density at radius 3 is 2.83 bits per heavy atom. The molecule has 0 radical (unpaired) electrons. The molecule has 1 N–H and O–H groups in total. The Labute approximate surface area is 36.2 Å². The van der Waals surface area contributed by atoms with Crippen LogP contribution in [-0.4, -0.2) is 13.0 Å². The van der Waals surface area contributed by atoms with E-state index in [1.54, 1.807) is 0 Å². The molecule has 0 aromatic rings. The number of nitrogens with one attached hydrogen (secondary N) is 1. The molecule has 1 aliphatic heterocycles. The molecular weight excluding hydrogens is 82.0 g/mol. The van der Waals surface area contributed by atoms with Gasteiger partial charge < -0.3 is 4.74 Å². The summed E-state index contributed by atoms with van der Waals surface area (Å²) < 4.78 is 4.82. The maximum absolute atomic E-state index is 4.82.